The van der Waals surface area contributed by atoms with Gasteiger partial charge in [0.15, 0.2) is 11.6 Å². The zero-order valence-corrected chi connectivity index (χ0v) is 23.1. The summed E-state index contributed by atoms with van der Waals surface area (Å²) in [4.78, 5) is 36.4. The lowest BCUT2D eigenvalue weighted by Gasteiger charge is -2.23. The van der Waals surface area contributed by atoms with Crippen LogP contribution in [0.15, 0.2) is 48.9 Å². The summed E-state index contributed by atoms with van der Waals surface area (Å²) in [5.74, 6) is 1.33. The monoisotopic (exact) mass is 553 g/mol. The summed E-state index contributed by atoms with van der Waals surface area (Å²) in [6.07, 6.45) is 5.73. The van der Waals surface area contributed by atoms with E-state index in [4.69, 9.17) is 9.47 Å². The van der Waals surface area contributed by atoms with Crippen LogP contribution in [0, 0.1) is 0 Å². The minimum Gasteiger partial charge on any atom is -0.492 e. The lowest BCUT2D eigenvalue weighted by molar-refractivity contribution is 0.193. The van der Waals surface area contributed by atoms with Crippen LogP contribution < -0.4 is 30.7 Å². The van der Waals surface area contributed by atoms with Crippen LogP contribution in [0.1, 0.15) is 26.7 Å². The van der Waals surface area contributed by atoms with Crippen LogP contribution in [0.5, 0.6) is 11.5 Å². The van der Waals surface area contributed by atoms with E-state index in [2.05, 4.69) is 50.0 Å². The highest BCUT2D eigenvalue weighted by Crippen LogP contribution is 2.41. The molecule has 1 fully saturated rings. The van der Waals surface area contributed by atoms with E-state index >= 15 is 0 Å². The van der Waals surface area contributed by atoms with Crippen molar-refractivity contribution in [1.82, 2.24) is 25.5 Å². The molecule has 1 saturated heterocycles. The average molecular weight is 554 g/mol. The molecule has 3 aromatic rings. The quantitative estimate of drug-likeness (QED) is 0.275. The molecule has 39 heavy (non-hydrogen) atoms. The van der Waals surface area contributed by atoms with Crippen molar-refractivity contribution < 1.29 is 19.1 Å². The summed E-state index contributed by atoms with van der Waals surface area (Å²) in [6.45, 7) is 9.36. The van der Waals surface area contributed by atoms with E-state index in [0.717, 1.165) is 55.2 Å². The van der Waals surface area contributed by atoms with Crippen LogP contribution in [-0.4, -0.2) is 72.4 Å². The van der Waals surface area contributed by atoms with Crippen LogP contribution in [0.3, 0.4) is 0 Å². The number of ether oxygens (including phenoxy) is 2. The first-order valence-corrected chi connectivity index (χ1v) is 14.0. The Morgan fingerprint density at radius 2 is 1.97 bits per heavy atom. The maximum Gasteiger partial charge on any atom is 0.412 e. The van der Waals surface area contributed by atoms with Gasteiger partial charge >= 0.3 is 12.1 Å². The minimum absolute atomic E-state index is 0.00463. The second kappa shape index (κ2) is 14.4. The van der Waals surface area contributed by atoms with E-state index in [1.807, 2.05) is 24.3 Å². The van der Waals surface area contributed by atoms with Gasteiger partial charge in [-0.25, -0.2) is 14.6 Å². The largest absolute Gasteiger partial charge is 0.492 e. The van der Waals surface area contributed by atoms with Gasteiger partial charge in [0.05, 0.1) is 6.20 Å². The zero-order chi connectivity index (χ0) is 27.5. The van der Waals surface area contributed by atoms with Crippen LogP contribution >= 0.6 is 11.3 Å². The Labute approximate surface area is 232 Å². The number of hydrogen-bond donors (Lipinski definition) is 4. The summed E-state index contributed by atoms with van der Waals surface area (Å²) in [6, 6.07) is 8.93. The highest BCUT2D eigenvalue weighted by atomic mass is 32.1. The van der Waals surface area contributed by atoms with E-state index in [1.54, 1.807) is 6.07 Å². The molecule has 1 atom stereocenters. The molecular formula is C27H35N7O4S. The first-order valence-electron chi connectivity index (χ1n) is 13.2. The molecule has 0 aliphatic carbocycles. The summed E-state index contributed by atoms with van der Waals surface area (Å²) in [5.41, 5.74) is 0.903. The molecule has 1 aliphatic rings. The molecule has 3 amide bonds. The molecule has 12 heteroatoms. The molecule has 0 saturated carbocycles. The van der Waals surface area contributed by atoms with Gasteiger partial charge in [0.1, 0.15) is 17.4 Å². The highest BCUT2D eigenvalue weighted by Gasteiger charge is 2.21. The molecule has 4 N–H and O–H groups in total. The summed E-state index contributed by atoms with van der Waals surface area (Å²) in [7, 11) is 0. The molecule has 1 unspecified atom stereocenters. The van der Waals surface area contributed by atoms with E-state index in [-0.39, 0.29) is 11.8 Å². The Bertz CT molecular complexity index is 1200. The number of aromatic nitrogens is 2. The van der Waals surface area contributed by atoms with Gasteiger partial charge in [-0.15, -0.1) is 11.3 Å². The Morgan fingerprint density at radius 1 is 1.15 bits per heavy atom. The number of hydrogen-bond acceptors (Lipinski definition) is 9. The van der Waals surface area contributed by atoms with Gasteiger partial charge in [-0.2, -0.15) is 0 Å². The fourth-order valence-electron chi connectivity index (χ4n) is 4.11. The number of thiophene rings is 1. The second-order valence-corrected chi connectivity index (χ2v) is 10.0. The number of anilines is 2. The molecule has 1 aliphatic heterocycles. The summed E-state index contributed by atoms with van der Waals surface area (Å²) < 4.78 is 11.6. The van der Waals surface area contributed by atoms with Crippen LogP contribution in [-0.2, 0) is 0 Å². The predicted octanol–water partition coefficient (Wildman–Crippen LogP) is 4.41. The Balaban J connectivity index is 1.45. The number of carbonyl (C=O) groups is 2. The second-order valence-electron chi connectivity index (χ2n) is 8.95. The van der Waals surface area contributed by atoms with Crippen molar-refractivity contribution in [2.24, 2.45) is 0 Å². The molecule has 1 aromatic carbocycles. The fraction of sp³-hybridized carbons (Fsp3) is 0.407. The molecule has 11 nitrogen and oxygen atoms in total. The third kappa shape index (κ3) is 8.63. The highest BCUT2D eigenvalue weighted by molar-refractivity contribution is 7.20. The Hall–Kier alpha value is -3.74. The fourth-order valence-corrected chi connectivity index (χ4v) is 5.10. The van der Waals surface area contributed by atoms with Crippen molar-refractivity contribution in [2.45, 2.75) is 32.7 Å². The molecule has 2 aromatic heterocycles. The summed E-state index contributed by atoms with van der Waals surface area (Å²) in [5, 5.41) is 11.9. The van der Waals surface area contributed by atoms with Gasteiger partial charge in [-0.3, -0.25) is 15.6 Å². The average Bonchev–Trinajstić information content (AvgIpc) is 3.34. The van der Waals surface area contributed by atoms with Crippen molar-refractivity contribution >= 4 is 34.3 Å². The first-order chi connectivity index (χ1) is 19.0. The lowest BCUT2D eigenvalue weighted by atomic mass is 10.1. The third-order valence-electron chi connectivity index (χ3n) is 6.26. The molecule has 0 bridgehead atoms. The minimum atomic E-state index is -0.567. The van der Waals surface area contributed by atoms with Crippen molar-refractivity contribution in [3.05, 3.63) is 48.9 Å². The van der Waals surface area contributed by atoms with Gasteiger partial charge in [0.2, 0.25) is 0 Å². The normalized spacial score (nSPS) is 15.0. The topological polar surface area (TPSA) is 130 Å². The number of rotatable bonds is 11. The molecule has 4 rings (SSSR count). The van der Waals surface area contributed by atoms with E-state index < -0.39 is 12.1 Å². The number of nitrogens with zero attached hydrogens (tertiary/aromatic N) is 3. The van der Waals surface area contributed by atoms with E-state index in [1.165, 1.54) is 29.9 Å². The van der Waals surface area contributed by atoms with Crippen LogP contribution in [0.2, 0.25) is 0 Å². The number of benzene rings is 1. The van der Waals surface area contributed by atoms with E-state index in [9.17, 15) is 9.59 Å². The number of nitrogens with one attached hydrogen (secondary N) is 4. The molecule has 0 spiro atoms. The van der Waals surface area contributed by atoms with Gasteiger partial charge in [-0.1, -0.05) is 13.8 Å². The maximum absolute atomic E-state index is 12.7. The van der Waals surface area contributed by atoms with Gasteiger partial charge in [-0.05, 0) is 62.3 Å². The number of carbonyl (C=O) groups excluding carboxylic acids is 2. The van der Waals surface area contributed by atoms with Crippen molar-refractivity contribution in [1.29, 1.82) is 0 Å². The zero-order valence-electron chi connectivity index (χ0n) is 22.2. The number of amides is 3. The van der Waals surface area contributed by atoms with Crippen LogP contribution in [0.4, 0.5) is 20.4 Å². The number of piperidine rings is 1. The first kappa shape index (κ1) is 28.3. The Kier molecular flexibility index (Phi) is 10.5. The molecule has 3 heterocycles. The predicted molar refractivity (Wildman–Crippen MR) is 153 cm³/mol. The smallest absolute Gasteiger partial charge is 0.412 e. The van der Waals surface area contributed by atoms with Gasteiger partial charge in [0, 0.05) is 42.5 Å². The summed E-state index contributed by atoms with van der Waals surface area (Å²) >= 11 is 1.30. The molecule has 208 valence electrons. The molecular weight excluding hydrogens is 518 g/mol. The SMILES string of the molecule is CCN(CC)CCOc1ccc(-c2cc(OC(=O)NC3CCCNC3)c(NC(=O)Nc3cnccn3)s2)cc1. The van der Waals surface area contributed by atoms with Crippen molar-refractivity contribution in [3.63, 3.8) is 0 Å². The van der Waals surface area contributed by atoms with Gasteiger partial charge < -0.3 is 25.0 Å². The number of likely N-dealkylation sites (N-methyl/N-ethyl adjacent to an activating group) is 1. The van der Waals surface area contributed by atoms with E-state index in [0.29, 0.717) is 24.0 Å². The Morgan fingerprint density at radius 3 is 2.67 bits per heavy atom. The maximum atomic E-state index is 12.7. The van der Waals surface area contributed by atoms with Crippen molar-refractivity contribution in [3.8, 4) is 21.9 Å². The van der Waals surface area contributed by atoms with Gasteiger partial charge in [0.25, 0.3) is 0 Å². The molecule has 0 radical (unpaired) electrons. The van der Waals surface area contributed by atoms with Crippen LogP contribution in [0.25, 0.3) is 10.4 Å². The lowest BCUT2D eigenvalue weighted by Crippen LogP contribution is -2.46. The van der Waals surface area contributed by atoms with Crippen molar-refractivity contribution in [2.75, 3.05) is 50.0 Å². The standard InChI is InChI=1S/C27H35N7O4S/c1-3-34(4-2)14-15-37-21-9-7-19(8-10-21)23-16-22(38-27(36)31-20-6-5-11-28-17-20)25(39-23)33-26(35)32-24-18-29-12-13-30-24/h7-10,12-13,16,18,20,28H,3-6,11,14-15,17H2,1-2H3,(H,31,36)(H2,30,32,33,35). The third-order valence-corrected chi connectivity index (χ3v) is 7.34. The number of urea groups is 1.